The van der Waals surface area contributed by atoms with Crippen LogP contribution in [0, 0.1) is 12.7 Å². The monoisotopic (exact) mass is 248 g/mol. The molecule has 0 aliphatic rings. The summed E-state index contributed by atoms with van der Waals surface area (Å²) < 4.78 is 18.5. The molecule has 0 bridgehead atoms. The third kappa shape index (κ3) is 2.42. The highest BCUT2D eigenvalue weighted by Gasteiger charge is 2.14. The zero-order chi connectivity index (χ0) is 13.1. The van der Waals surface area contributed by atoms with Gasteiger partial charge in [0.25, 0.3) is 5.88 Å². The number of aromatic nitrogens is 2. The Morgan fingerprint density at radius 1 is 1.39 bits per heavy atom. The summed E-state index contributed by atoms with van der Waals surface area (Å²) in [7, 11) is 0. The van der Waals surface area contributed by atoms with E-state index in [1.807, 2.05) is 0 Å². The van der Waals surface area contributed by atoms with E-state index in [2.05, 4.69) is 10.2 Å². The molecule has 0 aliphatic carbocycles. The van der Waals surface area contributed by atoms with Gasteiger partial charge in [-0.15, -0.1) is 5.10 Å². The zero-order valence-electron chi connectivity index (χ0n) is 9.42. The first-order chi connectivity index (χ1) is 8.58. The average molecular weight is 248 g/mol. The van der Waals surface area contributed by atoms with E-state index in [1.54, 1.807) is 6.92 Å². The maximum atomic E-state index is 13.3. The molecule has 18 heavy (non-hydrogen) atoms. The van der Waals surface area contributed by atoms with Crippen molar-refractivity contribution < 1.29 is 19.0 Å². The van der Waals surface area contributed by atoms with Crippen molar-refractivity contribution in [3.63, 3.8) is 0 Å². The fourth-order valence-corrected chi connectivity index (χ4v) is 1.31. The molecule has 0 fully saturated rings. The lowest BCUT2D eigenvalue weighted by Gasteiger charge is -2.07. The molecule has 0 saturated heterocycles. The molecule has 1 heterocycles. The standard InChI is InChI=1S/C12H9FN2O3/c1-7-2-3-8(6-10(7)13)18-11-9(12(16)17)4-5-14-15-11/h2-6H,1H3,(H,16,17). The lowest BCUT2D eigenvalue weighted by atomic mass is 10.2. The first kappa shape index (κ1) is 12.0. The van der Waals surface area contributed by atoms with Crippen molar-refractivity contribution >= 4 is 5.97 Å². The quantitative estimate of drug-likeness (QED) is 0.902. The Labute approximate surface area is 102 Å². The number of carboxylic acids is 1. The Morgan fingerprint density at radius 3 is 2.83 bits per heavy atom. The van der Waals surface area contributed by atoms with E-state index in [-0.39, 0.29) is 17.2 Å². The van der Waals surface area contributed by atoms with Crippen LogP contribution >= 0.6 is 0 Å². The summed E-state index contributed by atoms with van der Waals surface area (Å²) in [5, 5.41) is 16.0. The topological polar surface area (TPSA) is 72.3 Å². The molecule has 0 radical (unpaired) electrons. The maximum absolute atomic E-state index is 13.3. The van der Waals surface area contributed by atoms with Crippen LogP contribution in [-0.4, -0.2) is 21.3 Å². The van der Waals surface area contributed by atoms with E-state index in [1.165, 1.54) is 24.4 Å². The minimum atomic E-state index is -1.19. The summed E-state index contributed by atoms with van der Waals surface area (Å²) >= 11 is 0. The molecule has 0 unspecified atom stereocenters. The van der Waals surface area contributed by atoms with Crippen molar-refractivity contribution in [2.24, 2.45) is 0 Å². The molecule has 2 aromatic rings. The van der Waals surface area contributed by atoms with Gasteiger partial charge in [-0.05, 0) is 24.6 Å². The van der Waals surface area contributed by atoms with Crippen LogP contribution in [0.4, 0.5) is 4.39 Å². The van der Waals surface area contributed by atoms with E-state index >= 15 is 0 Å². The van der Waals surface area contributed by atoms with E-state index in [4.69, 9.17) is 9.84 Å². The molecular weight excluding hydrogens is 239 g/mol. The van der Waals surface area contributed by atoms with Crippen LogP contribution in [-0.2, 0) is 0 Å². The number of carbonyl (C=O) groups is 1. The lowest BCUT2D eigenvalue weighted by Crippen LogP contribution is -2.03. The van der Waals surface area contributed by atoms with Crippen molar-refractivity contribution in [3.8, 4) is 11.6 Å². The predicted molar refractivity (Wildman–Crippen MR) is 60.2 cm³/mol. The van der Waals surface area contributed by atoms with E-state index < -0.39 is 11.8 Å². The second kappa shape index (κ2) is 4.79. The maximum Gasteiger partial charge on any atom is 0.341 e. The van der Waals surface area contributed by atoms with Gasteiger partial charge in [-0.3, -0.25) is 0 Å². The number of ether oxygens (including phenoxy) is 1. The van der Waals surface area contributed by atoms with Crippen LogP contribution in [0.25, 0.3) is 0 Å². The molecule has 92 valence electrons. The van der Waals surface area contributed by atoms with E-state index in [9.17, 15) is 9.18 Å². The van der Waals surface area contributed by atoms with Gasteiger partial charge >= 0.3 is 5.97 Å². The normalized spacial score (nSPS) is 10.1. The highest BCUT2D eigenvalue weighted by Crippen LogP contribution is 2.23. The number of aromatic carboxylic acids is 1. The molecule has 2 rings (SSSR count). The summed E-state index contributed by atoms with van der Waals surface area (Å²) in [5.41, 5.74) is 0.339. The lowest BCUT2D eigenvalue weighted by molar-refractivity contribution is 0.0693. The second-order valence-corrected chi connectivity index (χ2v) is 3.57. The Hall–Kier alpha value is -2.50. The minimum absolute atomic E-state index is 0.133. The Kier molecular flexibility index (Phi) is 3.18. The highest BCUT2D eigenvalue weighted by molar-refractivity contribution is 5.90. The third-order valence-electron chi connectivity index (χ3n) is 2.28. The van der Waals surface area contributed by atoms with Gasteiger partial charge in [0.2, 0.25) is 0 Å². The van der Waals surface area contributed by atoms with Crippen LogP contribution in [0.5, 0.6) is 11.6 Å². The van der Waals surface area contributed by atoms with Crippen molar-refractivity contribution in [2.75, 3.05) is 0 Å². The largest absolute Gasteiger partial charge is 0.477 e. The van der Waals surface area contributed by atoms with Crippen molar-refractivity contribution in [2.45, 2.75) is 6.92 Å². The number of hydrogen-bond donors (Lipinski definition) is 1. The van der Waals surface area contributed by atoms with Gasteiger partial charge in [-0.1, -0.05) is 6.07 Å². The summed E-state index contributed by atoms with van der Waals surface area (Å²) in [5.74, 6) is -1.63. The summed E-state index contributed by atoms with van der Waals surface area (Å²) in [4.78, 5) is 10.9. The van der Waals surface area contributed by atoms with Gasteiger partial charge in [0.15, 0.2) is 0 Å². The molecule has 1 N–H and O–H groups in total. The van der Waals surface area contributed by atoms with E-state index in [0.29, 0.717) is 5.56 Å². The van der Waals surface area contributed by atoms with Gasteiger partial charge in [-0.2, -0.15) is 5.10 Å². The van der Waals surface area contributed by atoms with E-state index in [0.717, 1.165) is 6.07 Å². The van der Waals surface area contributed by atoms with Crippen molar-refractivity contribution in [3.05, 3.63) is 47.4 Å². The van der Waals surface area contributed by atoms with Gasteiger partial charge in [-0.25, -0.2) is 9.18 Å². The Balaban J connectivity index is 2.34. The fraction of sp³-hybridized carbons (Fsp3) is 0.0833. The van der Waals surface area contributed by atoms with Crippen LogP contribution in [0.1, 0.15) is 15.9 Å². The van der Waals surface area contributed by atoms with Crippen molar-refractivity contribution in [1.82, 2.24) is 10.2 Å². The molecular formula is C12H9FN2O3. The molecule has 1 aromatic heterocycles. The zero-order valence-corrected chi connectivity index (χ0v) is 9.42. The molecule has 0 aliphatic heterocycles. The van der Waals surface area contributed by atoms with Crippen LogP contribution in [0.15, 0.2) is 30.5 Å². The molecule has 0 amide bonds. The highest BCUT2D eigenvalue weighted by atomic mass is 19.1. The van der Waals surface area contributed by atoms with Crippen molar-refractivity contribution in [1.29, 1.82) is 0 Å². The number of hydrogen-bond acceptors (Lipinski definition) is 4. The van der Waals surface area contributed by atoms with Gasteiger partial charge < -0.3 is 9.84 Å². The summed E-state index contributed by atoms with van der Waals surface area (Å²) in [6, 6.07) is 5.48. The SMILES string of the molecule is Cc1ccc(Oc2nnccc2C(=O)O)cc1F. The first-order valence-corrected chi connectivity index (χ1v) is 5.07. The van der Waals surface area contributed by atoms with Gasteiger partial charge in [0, 0.05) is 6.07 Å². The van der Waals surface area contributed by atoms with Gasteiger partial charge in [0.05, 0.1) is 6.20 Å². The molecule has 0 spiro atoms. The molecule has 1 aromatic carbocycles. The molecule has 5 nitrogen and oxygen atoms in total. The molecule has 0 saturated carbocycles. The molecule has 0 atom stereocenters. The first-order valence-electron chi connectivity index (χ1n) is 5.07. The number of benzene rings is 1. The van der Waals surface area contributed by atoms with Crippen LogP contribution < -0.4 is 4.74 Å². The number of rotatable bonds is 3. The predicted octanol–water partition coefficient (Wildman–Crippen LogP) is 2.41. The number of nitrogens with zero attached hydrogens (tertiary/aromatic N) is 2. The summed E-state index contributed by atoms with van der Waals surface area (Å²) in [6.07, 6.45) is 1.24. The molecule has 6 heteroatoms. The van der Waals surface area contributed by atoms with Crippen LogP contribution in [0.2, 0.25) is 0 Å². The second-order valence-electron chi connectivity index (χ2n) is 3.57. The smallest absolute Gasteiger partial charge is 0.341 e. The average Bonchev–Trinajstić information content (AvgIpc) is 2.34. The number of halogens is 1. The fourth-order valence-electron chi connectivity index (χ4n) is 1.31. The van der Waals surface area contributed by atoms with Crippen LogP contribution in [0.3, 0.4) is 0 Å². The summed E-state index contributed by atoms with van der Waals surface area (Å²) in [6.45, 7) is 1.62. The number of carboxylic acid groups (broad SMARTS) is 1. The minimum Gasteiger partial charge on any atom is -0.477 e. The third-order valence-corrected chi connectivity index (χ3v) is 2.28. The number of aryl methyl sites for hydroxylation is 1. The Bertz CT molecular complexity index is 602. The van der Waals surface area contributed by atoms with Gasteiger partial charge in [0.1, 0.15) is 17.1 Å². The Morgan fingerprint density at radius 2 is 2.17 bits per heavy atom.